The second-order valence-electron chi connectivity index (χ2n) is 5.09. The van der Waals surface area contributed by atoms with Gasteiger partial charge in [0, 0.05) is 0 Å². The average molecular weight is 204 g/mol. The van der Waals surface area contributed by atoms with Crippen molar-refractivity contribution in [3.05, 3.63) is 34.9 Å². The highest BCUT2D eigenvalue weighted by atomic mass is 16.3. The van der Waals surface area contributed by atoms with Gasteiger partial charge in [0.2, 0.25) is 0 Å². The summed E-state index contributed by atoms with van der Waals surface area (Å²) in [6, 6.07) is 6.43. The fraction of sp³-hybridized carbons (Fsp3) is 0.571. The summed E-state index contributed by atoms with van der Waals surface area (Å²) in [4.78, 5) is 0. The lowest BCUT2D eigenvalue weighted by molar-refractivity contribution is 0.00439. The van der Waals surface area contributed by atoms with Crippen LogP contribution in [-0.4, -0.2) is 5.11 Å². The molecule has 2 rings (SSSR count). The number of aryl methyl sites for hydroxylation is 2. The minimum absolute atomic E-state index is 0.388. The summed E-state index contributed by atoms with van der Waals surface area (Å²) in [5.41, 5.74) is 3.04. The van der Waals surface area contributed by atoms with E-state index in [-0.39, 0.29) is 0 Å². The summed E-state index contributed by atoms with van der Waals surface area (Å²) in [6.45, 7) is 6.35. The normalized spacial score (nSPS) is 30.8. The van der Waals surface area contributed by atoms with E-state index in [1.165, 1.54) is 11.1 Å². The molecule has 0 aliphatic heterocycles. The SMILES string of the molecule is Cc1cc(C)cc(C2(O)CCCC2C)c1. The molecule has 1 aliphatic rings. The van der Waals surface area contributed by atoms with Gasteiger partial charge in [-0.05, 0) is 44.6 Å². The van der Waals surface area contributed by atoms with E-state index in [1.807, 2.05) is 0 Å². The second kappa shape index (κ2) is 3.64. The third-order valence-corrected chi connectivity index (χ3v) is 3.73. The zero-order chi connectivity index (χ0) is 11.1. The maximum atomic E-state index is 10.7. The van der Waals surface area contributed by atoms with Gasteiger partial charge in [0.15, 0.2) is 0 Å². The molecule has 0 amide bonds. The molecule has 1 nitrogen and oxygen atoms in total. The molecule has 0 bridgehead atoms. The van der Waals surface area contributed by atoms with Crippen molar-refractivity contribution in [2.75, 3.05) is 0 Å². The van der Waals surface area contributed by atoms with Gasteiger partial charge in [-0.15, -0.1) is 0 Å². The van der Waals surface area contributed by atoms with Gasteiger partial charge in [-0.2, -0.15) is 0 Å². The first-order valence-corrected chi connectivity index (χ1v) is 5.83. The van der Waals surface area contributed by atoms with E-state index in [0.29, 0.717) is 5.92 Å². The van der Waals surface area contributed by atoms with Gasteiger partial charge in [-0.3, -0.25) is 0 Å². The van der Waals surface area contributed by atoms with Crippen LogP contribution < -0.4 is 0 Å². The first-order valence-electron chi connectivity index (χ1n) is 5.83. The monoisotopic (exact) mass is 204 g/mol. The van der Waals surface area contributed by atoms with Crippen molar-refractivity contribution in [3.63, 3.8) is 0 Å². The fourth-order valence-corrected chi connectivity index (χ4v) is 2.82. The van der Waals surface area contributed by atoms with Gasteiger partial charge in [-0.25, -0.2) is 0 Å². The summed E-state index contributed by atoms with van der Waals surface area (Å²) in [6.07, 6.45) is 3.20. The van der Waals surface area contributed by atoms with Crippen molar-refractivity contribution >= 4 is 0 Å². The van der Waals surface area contributed by atoms with Gasteiger partial charge in [0.1, 0.15) is 0 Å². The molecule has 1 aliphatic carbocycles. The Morgan fingerprint density at radius 1 is 1.20 bits per heavy atom. The zero-order valence-corrected chi connectivity index (χ0v) is 9.88. The van der Waals surface area contributed by atoms with Crippen molar-refractivity contribution in [1.82, 2.24) is 0 Å². The summed E-state index contributed by atoms with van der Waals surface area (Å²) in [5.74, 6) is 0.388. The van der Waals surface area contributed by atoms with Gasteiger partial charge >= 0.3 is 0 Å². The molecule has 0 spiro atoms. The van der Waals surface area contributed by atoms with Crippen molar-refractivity contribution in [1.29, 1.82) is 0 Å². The van der Waals surface area contributed by atoms with Crippen LogP contribution in [0.3, 0.4) is 0 Å². The molecule has 2 unspecified atom stereocenters. The molecule has 0 radical (unpaired) electrons. The molecular weight excluding hydrogens is 184 g/mol. The van der Waals surface area contributed by atoms with Crippen molar-refractivity contribution in [2.45, 2.75) is 45.6 Å². The van der Waals surface area contributed by atoms with Gasteiger partial charge in [0.05, 0.1) is 5.60 Å². The van der Waals surface area contributed by atoms with Crippen LogP contribution in [0.5, 0.6) is 0 Å². The van der Waals surface area contributed by atoms with E-state index in [9.17, 15) is 5.11 Å². The quantitative estimate of drug-likeness (QED) is 0.744. The predicted octanol–water partition coefficient (Wildman–Crippen LogP) is 3.31. The molecule has 1 aromatic rings. The van der Waals surface area contributed by atoms with Crippen molar-refractivity contribution in [2.24, 2.45) is 5.92 Å². The molecular formula is C14H20O. The first kappa shape index (κ1) is 10.7. The van der Waals surface area contributed by atoms with Gasteiger partial charge < -0.3 is 5.11 Å². The Morgan fingerprint density at radius 3 is 2.27 bits per heavy atom. The number of hydrogen-bond donors (Lipinski definition) is 1. The molecule has 82 valence electrons. The fourth-order valence-electron chi connectivity index (χ4n) is 2.82. The Bertz CT molecular complexity index is 349. The van der Waals surface area contributed by atoms with Crippen LogP contribution in [0, 0.1) is 19.8 Å². The zero-order valence-electron chi connectivity index (χ0n) is 9.88. The molecule has 0 heterocycles. The van der Waals surface area contributed by atoms with E-state index in [0.717, 1.165) is 24.8 Å². The van der Waals surface area contributed by atoms with E-state index >= 15 is 0 Å². The average Bonchev–Trinajstić information content (AvgIpc) is 2.47. The summed E-state index contributed by atoms with van der Waals surface area (Å²) in [7, 11) is 0. The van der Waals surface area contributed by atoms with Crippen LogP contribution in [0.15, 0.2) is 18.2 Å². The van der Waals surface area contributed by atoms with E-state index in [4.69, 9.17) is 0 Å². The lowest BCUT2D eigenvalue weighted by Crippen LogP contribution is -2.28. The highest BCUT2D eigenvalue weighted by Crippen LogP contribution is 2.43. The van der Waals surface area contributed by atoms with E-state index < -0.39 is 5.60 Å². The maximum Gasteiger partial charge on any atom is 0.0922 e. The lowest BCUT2D eigenvalue weighted by Gasteiger charge is -2.29. The molecule has 2 atom stereocenters. The molecule has 0 saturated heterocycles. The Morgan fingerprint density at radius 2 is 1.80 bits per heavy atom. The number of aliphatic hydroxyl groups is 1. The van der Waals surface area contributed by atoms with Crippen LogP contribution in [0.2, 0.25) is 0 Å². The van der Waals surface area contributed by atoms with Gasteiger partial charge in [0.25, 0.3) is 0 Å². The number of hydrogen-bond acceptors (Lipinski definition) is 1. The molecule has 1 aromatic carbocycles. The molecule has 1 saturated carbocycles. The van der Waals surface area contributed by atoms with Crippen LogP contribution in [-0.2, 0) is 5.60 Å². The minimum atomic E-state index is -0.573. The topological polar surface area (TPSA) is 20.2 Å². The third kappa shape index (κ3) is 1.81. The largest absolute Gasteiger partial charge is 0.385 e. The molecule has 1 heteroatoms. The highest BCUT2D eigenvalue weighted by Gasteiger charge is 2.39. The number of rotatable bonds is 1. The molecule has 15 heavy (non-hydrogen) atoms. The Hall–Kier alpha value is -0.820. The van der Waals surface area contributed by atoms with Crippen LogP contribution in [0.25, 0.3) is 0 Å². The lowest BCUT2D eigenvalue weighted by atomic mass is 9.84. The minimum Gasteiger partial charge on any atom is -0.385 e. The second-order valence-corrected chi connectivity index (χ2v) is 5.09. The maximum absolute atomic E-state index is 10.7. The smallest absolute Gasteiger partial charge is 0.0922 e. The Balaban J connectivity index is 2.44. The van der Waals surface area contributed by atoms with E-state index in [1.54, 1.807) is 0 Å². The Kier molecular flexibility index (Phi) is 2.59. The summed E-state index contributed by atoms with van der Waals surface area (Å²) in [5, 5.41) is 10.7. The number of benzene rings is 1. The predicted molar refractivity (Wildman–Crippen MR) is 62.8 cm³/mol. The van der Waals surface area contributed by atoms with E-state index in [2.05, 4.69) is 39.0 Å². The molecule has 1 fully saturated rings. The Labute approximate surface area is 92.1 Å². The molecule has 0 aromatic heterocycles. The third-order valence-electron chi connectivity index (χ3n) is 3.73. The molecule has 1 N–H and O–H groups in total. The van der Waals surface area contributed by atoms with Crippen LogP contribution in [0.1, 0.15) is 42.9 Å². The summed E-state index contributed by atoms with van der Waals surface area (Å²) >= 11 is 0. The summed E-state index contributed by atoms with van der Waals surface area (Å²) < 4.78 is 0. The van der Waals surface area contributed by atoms with Crippen LogP contribution in [0.4, 0.5) is 0 Å². The highest BCUT2D eigenvalue weighted by molar-refractivity contribution is 5.33. The van der Waals surface area contributed by atoms with Crippen molar-refractivity contribution < 1.29 is 5.11 Å². The standard InChI is InChI=1S/C14H20O/c1-10-7-11(2)9-13(8-10)14(15)6-4-5-12(14)3/h7-9,12,15H,4-6H2,1-3H3. The first-order chi connectivity index (χ1) is 7.02. The van der Waals surface area contributed by atoms with Crippen LogP contribution >= 0.6 is 0 Å². The van der Waals surface area contributed by atoms with Gasteiger partial charge in [-0.1, -0.05) is 36.2 Å². The van der Waals surface area contributed by atoms with Crippen molar-refractivity contribution in [3.8, 4) is 0 Å².